The number of anilines is 2. The second-order valence-corrected chi connectivity index (χ2v) is 7.20. The van der Waals surface area contributed by atoms with E-state index < -0.39 is 23.5 Å². The predicted octanol–water partition coefficient (Wildman–Crippen LogP) is 3.31. The van der Waals surface area contributed by atoms with E-state index >= 15 is 0 Å². The molecule has 0 spiro atoms. The Kier molecular flexibility index (Phi) is 6.54. The predicted molar refractivity (Wildman–Crippen MR) is 124 cm³/mol. The third kappa shape index (κ3) is 4.88. The molecule has 8 nitrogen and oxygen atoms in total. The molecule has 0 saturated carbocycles. The number of hydrogen-bond donors (Lipinski definition) is 2. The van der Waals surface area contributed by atoms with E-state index in [1.165, 1.54) is 37.5 Å². The fraction of sp³-hybridized carbons (Fsp3) is 0.0800. The van der Waals surface area contributed by atoms with Gasteiger partial charge in [-0.15, -0.1) is 0 Å². The van der Waals surface area contributed by atoms with Crippen molar-refractivity contribution in [3.8, 4) is 11.5 Å². The van der Waals surface area contributed by atoms with Crippen molar-refractivity contribution >= 4 is 35.2 Å². The number of benzene rings is 3. The fourth-order valence-electron chi connectivity index (χ4n) is 3.30. The van der Waals surface area contributed by atoms with Crippen LogP contribution in [-0.4, -0.2) is 31.4 Å². The smallest absolute Gasteiger partial charge is 0.282 e. The van der Waals surface area contributed by atoms with Gasteiger partial charge in [0.05, 0.1) is 12.8 Å². The number of hydrazine groups is 1. The molecular weight excluding hydrogens is 441 g/mol. The van der Waals surface area contributed by atoms with Crippen molar-refractivity contribution in [2.45, 2.75) is 0 Å². The van der Waals surface area contributed by atoms with Crippen molar-refractivity contribution in [3.05, 3.63) is 89.8 Å². The number of hydrogen-bond acceptors (Lipinski definition) is 5. The summed E-state index contributed by atoms with van der Waals surface area (Å²) in [5, 5.41) is 3.75. The second kappa shape index (κ2) is 9.86. The minimum Gasteiger partial charge on any atom is -0.493 e. The molecule has 9 heteroatoms. The number of para-hydroxylation sites is 2. The van der Waals surface area contributed by atoms with Crippen LogP contribution in [0.25, 0.3) is 6.08 Å². The summed E-state index contributed by atoms with van der Waals surface area (Å²) < 4.78 is 24.1. The highest BCUT2D eigenvalue weighted by Crippen LogP contribution is 2.33. The molecule has 172 valence electrons. The molecule has 0 aromatic heterocycles. The first-order valence-corrected chi connectivity index (χ1v) is 10.2. The highest BCUT2D eigenvalue weighted by Gasteiger charge is 2.34. The van der Waals surface area contributed by atoms with Crippen LogP contribution < -0.4 is 25.2 Å². The number of halogens is 1. The molecule has 1 fully saturated rings. The molecule has 3 aromatic rings. The Morgan fingerprint density at radius 1 is 1.03 bits per heavy atom. The lowest BCUT2D eigenvalue weighted by Crippen LogP contribution is -2.35. The highest BCUT2D eigenvalue weighted by molar-refractivity contribution is 6.31. The van der Waals surface area contributed by atoms with E-state index in [0.717, 1.165) is 5.01 Å². The number of carbonyl (C=O) groups excluding carboxylic acids is 3. The largest absolute Gasteiger partial charge is 0.493 e. The lowest BCUT2D eigenvalue weighted by atomic mass is 10.1. The first kappa shape index (κ1) is 22.5. The van der Waals surface area contributed by atoms with Crippen molar-refractivity contribution in [3.63, 3.8) is 0 Å². The summed E-state index contributed by atoms with van der Waals surface area (Å²) in [7, 11) is 1.43. The van der Waals surface area contributed by atoms with E-state index in [-0.39, 0.29) is 17.9 Å². The molecule has 0 aliphatic carbocycles. The molecule has 0 bridgehead atoms. The van der Waals surface area contributed by atoms with Gasteiger partial charge in [-0.05, 0) is 48.5 Å². The van der Waals surface area contributed by atoms with Gasteiger partial charge in [0.15, 0.2) is 18.1 Å². The topological polar surface area (TPSA) is 97.0 Å². The monoisotopic (exact) mass is 461 g/mol. The molecule has 0 atom stereocenters. The Labute approximate surface area is 194 Å². The lowest BCUT2D eigenvalue weighted by Gasteiger charge is -2.14. The molecule has 3 aromatic carbocycles. The van der Waals surface area contributed by atoms with Gasteiger partial charge < -0.3 is 14.8 Å². The molecule has 1 saturated heterocycles. The summed E-state index contributed by atoms with van der Waals surface area (Å²) in [6, 6.07) is 18.9. The molecule has 4 rings (SSSR count). The summed E-state index contributed by atoms with van der Waals surface area (Å²) in [6.45, 7) is -0.385. The van der Waals surface area contributed by atoms with Gasteiger partial charge >= 0.3 is 0 Å². The van der Waals surface area contributed by atoms with Gasteiger partial charge in [0.25, 0.3) is 17.7 Å². The normalized spacial score (nSPS) is 14.2. The second-order valence-electron chi connectivity index (χ2n) is 7.20. The number of nitrogens with one attached hydrogen (secondary N) is 2. The van der Waals surface area contributed by atoms with Crippen molar-refractivity contribution < 1.29 is 28.2 Å². The Hall–Kier alpha value is -4.66. The number of rotatable bonds is 7. The number of ether oxygens (including phenoxy) is 2. The van der Waals surface area contributed by atoms with E-state index in [1.807, 2.05) is 0 Å². The Bertz CT molecular complexity index is 1260. The van der Waals surface area contributed by atoms with Gasteiger partial charge in [0, 0.05) is 11.3 Å². The minimum absolute atomic E-state index is 0.0993. The summed E-state index contributed by atoms with van der Waals surface area (Å²) in [6.07, 6.45) is 1.39. The van der Waals surface area contributed by atoms with E-state index in [1.54, 1.807) is 48.5 Å². The molecule has 3 amide bonds. The molecule has 1 aliphatic rings. The standard InChI is InChI=1S/C25H20FN3O5/c1-33-21-9-5-6-16(23(21)34-15-22(30)27-18-12-10-17(26)11-13-18)14-20-24(31)28-29(25(20)32)19-7-3-2-4-8-19/h2-14H,15H2,1H3,(H,27,30)(H,28,31)/b20-14-. The molecule has 1 aliphatic heterocycles. The van der Waals surface area contributed by atoms with Crippen molar-refractivity contribution in [2.75, 3.05) is 24.0 Å². The van der Waals surface area contributed by atoms with E-state index in [9.17, 15) is 18.8 Å². The summed E-state index contributed by atoms with van der Waals surface area (Å²) >= 11 is 0. The van der Waals surface area contributed by atoms with Crippen LogP contribution in [0.4, 0.5) is 15.8 Å². The van der Waals surface area contributed by atoms with Crippen LogP contribution in [0.2, 0.25) is 0 Å². The summed E-state index contributed by atoms with van der Waals surface area (Å²) in [4.78, 5) is 37.7. The van der Waals surface area contributed by atoms with Crippen LogP contribution >= 0.6 is 0 Å². The zero-order chi connectivity index (χ0) is 24.1. The van der Waals surface area contributed by atoms with Crippen LogP contribution in [0.3, 0.4) is 0 Å². The number of amides is 3. The van der Waals surface area contributed by atoms with Gasteiger partial charge in [-0.2, -0.15) is 0 Å². The molecule has 2 N–H and O–H groups in total. The van der Waals surface area contributed by atoms with Crippen molar-refractivity contribution in [2.24, 2.45) is 0 Å². The fourth-order valence-corrected chi connectivity index (χ4v) is 3.30. The van der Waals surface area contributed by atoms with Crippen LogP contribution in [0.5, 0.6) is 11.5 Å². The molecule has 0 unspecified atom stereocenters. The van der Waals surface area contributed by atoms with Crippen LogP contribution in [0.15, 0.2) is 78.4 Å². The first-order chi connectivity index (χ1) is 16.5. The van der Waals surface area contributed by atoms with Gasteiger partial charge in [-0.3, -0.25) is 19.8 Å². The SMILES string of the molecule is COc1cccc(/C=C2/C(=O)NN(c3ccccc3)C2=O)c1OCC(=O)Nc1ccc(F)cc1. The molecule has 34 heavy (non-hydrogen) atoms. The zero-order valence-electron chi connectivity index (χ0n) is 18.1. The van der Waals surface area contributed by atoms with Crippen LogP contribution in [-0.2, 0) is 14.4 Å². The lowest BCUT2D eigenvalue weighted by molar-refractivity contribution is -0.118. The van der Waals surface area contributed by atoms with Gasteiger partial charge in [-0.25, -0.2) is 9.40 Å². The van der Waals surface area contributed by atoms with E-state index in [4.69, 9.17) is 9.47 Å². The summed E-state index contributed by atoms with van der Waals surface area (Å²) in [5.41, 5.74) is 3.74. The Morgan fingerprint density at radius 2 is 1.76 bits per heavy atom. The van der Waals surface area contributed by atoms with Crippen molar-refractivity contribution in [1.82, 2.24) is 5.43 Å². The van der Waals surface area contributed by atoms with Crippen molar-refractivity contribution in [1.29, 1.82) is 0 Å². The van der Waals surface area contributed by atoms with Gasteiger partial charge in [0.1, 0.15) is 11.4 Å². The maximum atomic E-state index is 13.1. The first-order valence-electron chi connectivity index (χ1n) is 10.2. The quantitative estimate of drug-likeness (QED) is 0.416. The number of nitrogens with zero attached hydrogens (tertiary/aromatic N) is 1. The van der Waals surface area contributed by atoms with Crippen LogP contribution in [0, 0.1) is 5.82 Å². The molecular formula is C25H20FN3O5. The average molecular weight is 461 g/mol. The Morgan fingerprint density at radius 3 is 2.47 bits per heavy atom. The number of carbonyl (C=O) groups is 3. The van der Waals surface area contributed by atoms with Crippen LogP contribution in [0.1, 0.15) is 5.56 Å². The summed E-state index contributed by atoms with van der Waals surface area (Å²) in [5.74, 6) is -1.51. The van der Waals surface area contributed by atoms with Gasteiger partial charge in [0.2, 0.25) is 0 Å². The zero-order valence-corrected chi connectivity index (χ0v) is 18.1. The minimum atomic E-state index is -0.573. The van der Waals surface area contributed by atoms with E-state index in [2.05, 4.69) is 10.7 Å². The molecule has 1 heterocycles. The molecule has 0 radical (unpaired) electrons. The van der Waals surface area contributed by atoms with E-state index in [0.29, 0.717) is 22.7 Å². The number of methoxy groups -OCH3 is 1. The highest BCUT2D eigenvalue weighted by atomic mass is 19.1. The third-order valence-electron chi connectivity index (χ3n) is 4.91. The van der Waals surface area contributed by atoms with Gasteiger partial charge in [-0.1, -0.05) is 30.3 Å². The third-order valence-corrected chi connectivity index (χ3v) is 4.91. The maximum Gasteiger partial charge on any atom is 0.282 e. The average Bonchev–Trinajstić information content (AvgIpc) is 3.13. The Balaban J connectivity index is 1.55. The maximum absolute atomic E-state index is 13.1.